The number of hydrogen-bond acceptors (Lipinski definition) is 4. The van der Waals surface area contributed by atoms with Crippen LogP contribution >= 0.6 is 0 Å². The molecule has 1 heterocycles. The summed E-state index contributed by atoms with van der Waals surface area (Å²) in [6.45, 7) is 4.86. The summed E-state index contributed by atoms with van der Waals surface area (Å²) in [5.74, 6) is -0.0819. The third kappa shape index (κ3) is 3.93. The first-order valence-electron chi connectivity index (χ1n) is 9.24. The van der Waals surface area contributed by atoms with Crippen LogP contribution in [0.2, 0.25) is 0 Å². The van der Waals surface area contributed by atoms with Crippen molar-refractivity contribution >= 4 is 22.9 Å². The van der Waals surface area contributed by atoms with Crippen LogP contribution < -0.4 is 10.1 Å². The molecule has 1 aliphatic rings. The first-order chi connectivity index (χ1) is 13.0. The fourth-order valence-electron chi connectivity index (χ4n) is 3.59. The van der Waals surface area contributed by atoms with Crippen LogP contribution in [0, 0.1) is 16.7 Å². The minimum Gasteiger partial charge on any atom is -0.432 e. The SMILES string of the molecule is CC(C)(C)CC(=O)Nc1nc2c(OC(F)F)cc(C#N)cc2n1C1(C)CCC1. The predicted molar refractivity (Wildman–Crippen MR) is 101 cm³/mol. The second kappa shape index (κ2) is 7.04. The van der Waals surface area contributed by atoms with E-state index in [1.165, 1.54) is 6.07 Å². The number of benzene rings is 1. The average molecular weight is 390 g/mol. The van der Waals surface area contributed by atoms with Crippen molar-refractivity contribution in [1.82, 2.24) is 9.55 Å². The van der Waals surface area contributed by atoms with Gasteiger partial charge in [0.05, 0.1) is 17.1 Å². The highest BCUT2D eigenvalue weighted by atomic mass is 19.3. The molecule has 1 aliphatic carbocycles. The van der Waals surface area contributed by atoms with E-state index >= 15 is 0 Å². The largest absolute Gasteiger partial charge is 0.432 e. The van der Waals surface area contributed by atoms with Gasteiger partial charge in [-0.15, -0.1) is 0 Å². The van der Waals surface area contributed by atoms with Crippen molar-refractivity contribution in [2.24, 2.45) is 5.41 Å². The Morgan fingerprint density at radius 3 is 2.61 bits per heavy atom. The summed E-state index contributed by atoms with van der Waals surface area (Å²) in [5.41, 5.74) is 0.385. The van der Waals surface area contributed by atoms with Crippen molar-refractivity contribution in [3.8, 4) is 11.8 Å². The molecule has 150 valence electrons. The lowest BCUT2D eigenvalue weighted by molar-refractivity contribution is -0.117. The van der Waals surface area contributed by atoms with E-state index in [4.69, 9.17) is 0 Å². The van der Waals surface area contributed by atoms with E-state index in [0.717, 1.165) is 19.3 Å². The summed E-state index contributed by atoms with van der Waals surface area (Å²) in [7, 11) is 0. The van der Waals surface area contributed by atoms with Crippen molar-refractivity contribution in [2.45, 2.75) is 65.5 Å². The number of carbonyl (C=O) groups excluding carboxylic acids is 1. The highest BCUT2D eigenvalue weighted by molar-refractivity contribution is 5.93. The molecule has 1 fully saturated rings. The summed E-state index contributed by atoms with van der Waals surface area (Å²) in [6, 6.07) is 4.82. The number of ether oxygens (including phenoxy) is 1. The Labute approximate surface area is 162 Å². The van der Waals surface area contributed by atoms with Crippen LogP contribution in [-0.2, 0) is 10.3 Å². The van der Waals surface area contributed by atoms with Crippen molar-refractivity contribution in [3.63, 3.8) is 0 Å². The molecule has 0 bridgehead atoms. The average Bonchev–Trinajstić information content (AvgIpc) is 2.88. The van der Waals surface area contributed by atoms with Crippen LogP contribution in [0.3, 0.4) is 0 Å². The number of halogens is 2. The summed E-state index contributed by atoms with van der Waals surface area (Å²) in [4.78, 5) is 16.9. The van der Waals surface area contributed by atoms with Crippen LogP contribution in [0.15, 0.2) is 12.1 Å². The number of nitrogens with zero attached hydrogens (tertiary/aromatic N) is 3. The molecule has 8 heteroatoms. The molecule has 0 aliphatic heterocycles. The van der Waals surface area contributed by atoms with Gasteiger partial charge in [-0.1, -0.05) is 20.8 Å². The Balaban J connectivity index is 2.15. The van der Waals surface area contributed by atoms with Crippen molar-refractivity contribution in [3.05, 3.63) is 17.7 Å². The highest BCUT2D eigenvalue weighted by Gasteiger charge is 2.38. The number of aromatic nitrogens is 2. The van der Waals surface area contributed by atoms with E-state index in [2.05, 4.69) is 15.0 Å². The normalized spacial score (nSPS) is 15.9. The molecule has 2 aromatic rings. The van der Waals surface area contributed by atoms with Gasteiger partial charge in [0.2, 0.25) is 11.9 Å². The fraction of sp³-hybridized carbons (Fsp3) is 0.550. The van der Waals surface area contributed by atoms with Gasteiger partial charge in [0.25, 0.3) is 0 Å². The van der Waals surface area contributed by atoms with Gasteiger partial charge in [0, 0.05) is 18.0 Å². The molecule has 0 atom stereocenters. The number of amides is 1. The number of fused-ring (bicyclic) bond motifs is 1. The summed E-state index contributed by atoms with van der Waals surface area (Å²) in [6.07, 6.45) is 3.03. The summed E-state index contributed by atoms with van der Waals surface area (Å²) < 4.78 is 32.2. The Kier molecular flexibility index (Phi) is 5.04. The predicted octanol–water partition coefficient (Wildman–Crippen LogP) is 4.78. The van der Waals surface area contributed by atoms with Gasteiger partial charge in [0.15, 0.2) is 5.75 Å². The minimum atomic E-state index is -3.04. The van der Waals surface area contributed by atoms with E-state index in [9.17, 15) is 18.8 Å². The lowest BCUT2D eigenvalue weighted by Gasteiger charge is -2.41. The topological polar surface area (TPSA) is 79.9 Å². The van der Waals surface area contributed by atoms with E-state index in [1.807, 2.05) is 38.3 Å². The molecule has 1 N–H and O–H groups in total. The van der Waals surface area contributed by atoms with E-state index < -0.39 is 6.61 Å². The Bertz CT molecular complexity index is 950. The van der Waals surface area contributed by atoms with Crippen molar-refractivity contribution in [2.75, 3.05) is 5.32 Å². The second-order valence-corrected chi connectivity index (χ2v) is 8.74. The molecule has 6 nitrogen and oxygen atoms in total. The number of carbonyl (C=O) groups is 1. The van der Waals surface area contributed by atoms with Crippen molar-refractivity contribution in [1.29, 1.82) is 5.26 Å². The van der Waals surface area contributed by atoms with Gasteiger partial charge < -0.3 is 9.30 Å². The number of alkyl halides is 2. The number of nitrogens with one attached hydrogen (secondary N) is 1. The van der Waals surface area contributed by atoms with Gasteiger partial charge in [-0.05, 0) is 37.7 Å². The molecular weight excluding hydrogens is 366 g/mol. The maximum atomic E-state index is 12.9. The van der Waals surface area contributed by atoms with Crippen LogP contribution in [0.5, 0.6) is 5.75 Å². The zero-order valence-corrected chi connectivity index (χ0v) is 16.5. The van der Waals surface area contributed by atoms with Crippen LogP contribution in [0.25, 0.3) is 11.0 Å². The van der Waals surface area contributed by atoms with Gasteiger partial charge in [-0.2, -0.15) is 14.0 Å². The zero-order valence-electron chi connectivity index (χ0n) is 16.5. The zero-order chi connectivity index (χ0) is 20.7. The van der Waals surface area contributed by atoms with Gasteiger partial charge in [-0.25, -0.2) is 4.98 Å². The smallest absolute Gasteiger partial charge is 0.387 e. The first kappa shape index (κ1) is 20.1. The van der Waals surface area contributed by atoms with Gasteiger partial charge in [-0.3, -0.25) is 10.1 Å². The van der Waals surface area contributed by atoms with Crippen LogP contribution in [0.4, 0.5) is 14.7 Å². The molecule has 1 aromatic heterocycles. The maximum Gasteiger partial charge on any atom is 0.387 e. The number of imidazole rings is 1. The molecule has 0 radical (unpaired) electrons. The fourth-order valence-corrected chi connectivity index (χ4v) is 3.59. The van der Waals surface area contributed by atoms with Crippen LogP contribution in [0.1, 0.15) is 58.9 Å². The Morgan fingerprint density at radius 2 is 2.11 bits per heavy atom. The summed E-state index contributed by atoms with van der Waals surface area (Å²) >= 11 is 0. The van der Waals surface area contributed by atoms with E-state index in [1.54, 1.807) is 6.07 Å². The number of anilines is 1. The summed E-state index contributed by atoms with van der Waals surface area (Å²) in [5, 5.41) is 12.1. The van der Waals surface area contributed by atoms with E-state index in [0.29, 0.717) is 11.5 Å². The highest BCUT2D eigenvalue weighted by Crippen LogP contribution is 2.44. The molecular formula is C20H24F2N4O2. The lowest BCUT2D eigenvalue weighted by Crippen LogP contribution is -2.38. The second-order valence-electron chi connectivity index (χ2n) is 8.74. The molecule has 0 saturated heterocycles. The monoisotopic (exact) mass is 390 g/mol. The third-order valence-corrected chi connectivity index (χ3v) is 4.98. The number of nitriles is 1. The van der Waals surface area contributed by atoms with E-state index in [-0.39, 0.29) is 40.1 Å². The molecule has 0 unspecified atom stereocenters. The van der Waals surface area contributed by atoms with Gasteiger partial charge >= 0.3 is 6.61 Å². The molecule has 0 spiro atoms. The minimum absolute atomic E-state index is 0.169. The van der Waals surface area contributed by atoms with Crippen LogP contribution in [-0.4, -0.2) is 22.1 Å². The number of rotatable bonds is 5. The Hall–Kier alpha value is -2.69. The number of hydrogen-bond donors (Lipinski definition) is 1. The lowest BCUT2D eigenvalue weighted by atomic mass is 9.78. The quantitative estimate of drug-likeness (QED) is 0.796. The first-order valence-corrected chi connectivity index (χ1v) is 9.24. The Morgan fingerprint density at radius 1 is 1.43 bits per heavy atom. The van der Waals surface area contributed by atoms with Crippen molar-refractivity contribution < 1.29 is 18.3 Å². The molecule has 1 aromatic carbocycles. The maximum absolute atomic E-state index is 12.9. The third-order valence-electron chi connectivity index (χ3n) is 4.98. The molecule has 28 heavy (non-hydrogen) atoms. The standard InChI is InChI=1S/C20H24F2N4O2/c1-19(2,3)10-15(27)24-18-25-16-13(26(18)20(4)6-5-7-20)8-12(11-23)9-14(16)28-17(21)22/h8-9,17H,5-7,10H2,1-4H3,(H,24,25,27). The molecule has 1 amide bonds. The van der Waals surface area contributed by atoms with Gasteiger partial charge in [0.1, 0.15) is 5.52 Å². The molecule has 1 saturated carbocycles. The molecule has 3 rings (SSSR count).